The average Bonchev–Trinajstić information content (AvgIpc) is 2.92. The Morgan fingerprint density at radius 2 is 1.72 bits per heavy atom. The van der Waals surface area contributed by atoms with Crippen molar-refractivity contribution in [3.8, 4) is 0 Å². The number of carbonyl (C=O) groups excluding carboxylic acids is 1. The summed E-state index contributed by atoms with van der Waals surface area (Å²) >= 11 is 0. The fourth-order valence-corrected chi connectivity index (χ4v) is 2.14. The minimum absolute atomic E-state index is 0. The summed E-state index contributed by atoms with van der Waals surface area (Å²) in [7, 11) is 3.60. The maximum absolute atomic E-state index is 11.6. The summed E-state index contributed by atoms with van der Waals surface area (Å²) in [6.07, 6.45) is 1.21. The van der Waals surface area contributed by atoms with Crippen molar-refractivity contribution in [1.29, 1.82) is 0 Å². The van der Waals surface area contributed by atoms with E-state index < -0.39 is 11.7 Å². The van der Waals surface area contributed by atoms with Crippen LogP contribution in [0.25, 0.3) is 0 Å². The van der Waals surface area contributed by atoms with E-state index in [2.05, 4.69) is 31.1 Å². The number of hydrogen-bond donors (Lipinski definition) is 3. The number of nitrogens with one attached hydrogen (secondary N) is 3. The van der Waals surface area contributed by atoms with Crippen LogP contribution in [-0.4, -0.2) is 65.8 Å². The van der Waals surface area contributed by atoms with E-state index in [1.807, 2.05) is 39.3 Å². The molecule has 1 aromatic rings. The van der Waals surface area contributed by atoms with Gasteiger partial charge in [0.15, 0.2) is 11.8 Å². The Bertz CT molecular complexity index is 629. The fraction of sp³-hybridized carbons (Fsp3) is 0.778. The van der Waals surface area contributed by atoms with Gasteiger partial charge in [-0.05, 0) is 40.5 Å². The molecule has 168 valence electrons. The van der Waals surface area contributed by atoms with Crippen LogP contribution in [0.1, 0.15) is 45.3 Å². The van der Waals surface area contributed by atoms with Gasteiger partial charge >= 0.3 is 6.09 Å². The van der Waals surface area contributed by atoms with Gasteiger partial charge in [-0.3, -0.25) is 0 Å². The molecule has 0 fully saturated rings. The van der Waals surface area contributed by atoms with Crippen LogP contribution >= 0.6 is 24.0 Å². The number of carbonyl (C=O) groups is 1. The van der Waals surface area contributed by atoms with Crippen molar-refractivity contribution in [1.82, 2.24) is 30.7 Å². The molecule has 1 amide bonds. The van der Waals surface area contributed by atoms with E-state index >= 15 is 0 Å². The summed E-state index contributed by atoms with van der Waals surface area (Å²) in [6.45, 7) is 10.4. The zero-order valence-corrected chi connectivity index (χ0v) is 20.7. The molecule has 10 nitrogen and oxygen atoms in total. The van der Waals surface area contributed by atoms with Crippen molar-refractivity contribution < 1.29 is 14.3 Å². The molecule has 0 saturated heterocycles. The highest BCUT2D eigenvalue weighted by atomic mass is 127. The monoisotopic (exact) mass is 525 g/mol. The number of guanidine groups is 1. The topological polar surface area (TPSA) is 115 Å². The first-order chi connectivity index (χ1) is 13.2. The number of amides is 1. The molecule has 0 aliphatic carbocycles. The van der Waals surface area contributed by atoms with Gasteiger partial charge in [0.05, 0.1) is 0 Å². The van der Waals surface area contributed by atoms with E-state index in [0.29, 0.717) is 32.2 Å². The van der Waals surface area contributed by atoms with Crippen molar-refractivity contribution >= 4 is 36.0 Å². The average molecular weight is 525 g/mol. The second kappa shape index (κ2) is 14.4. The van der Waals surface area contributed by atoms with Gasteiger partial charge < -0.3 is 30.0 Å². The molecule has 0 aliphatic heterocycles. The van der Waals surface area contributed by atoms with Crippen LogP contribution in [-0.2, 0) is 23.1 Å². The number of methoxy groups -OCH3 is 1. The van der Waals surface area contributed by atoms with Crippen LogP contribution in [0.2, 0.25) is 0 Å². The number of rotatable bonds is 10. The Hall–Kier alpha value is -1.63. The molecule has 1 rings (SSSR count). The third-order valence-electron chi connectivity index (χ3n) is 3.69. The SMILES string of the molecule is COCCCNC(=NCc1nnc(C)n1C)NCCCNC(=O)OC(C)(C)C.I. The molecule has 0 radical (unpaired) electrons. The molecule has 0 aliphatic rings. The molecule has 29 heavy (non-hydrogen) atoms. The first-order valence-electron chi connectivity index (χ1n) is 9.55. The van der Waals surface area contributed by atoms with Crippen molar-refractivity contribution in [3.63, 3.8) is 0 Å². The second-order valence-corrected chi connectivity index (χ2v) is 7.37. The number of aryl methyl sites for hydroxylation is 1. The normalized spacial score (nSPS) is 11.6. The van der Waals surface area contributed by atoms with E-state index in [9.17, 15) is 4.79 Å². The maximum atomic E-state index is 11.6. The Morgan fingerprint density at radius 1 is 1.10 bits per heavy atom. The van der Waals surface area contributed by atoms with Gasteiger partial charge in [0, 0.05) is 40.4 Å². The lowest BCUT2D eigenvalue weighted by molar-refractivity contribution is 0.0527. The molecule has 1 heterocycles. The van der Waals surface area contributed by atoms with E-state index in [4.69, 9.17) is 9.47 Å². The zero-order chi connectivity index (χ0) is 21.0. The molecular weight excluding hydrogens is 489 g/mol. The molecular formula is C18H36IN7O3. The highest BCUT2D eigenvalue weighted by molar-refractivity contribution is 14.0. The van der Waals surface area contributed by atoms with Crippen molar-refractivity contribution in [2.24, 2.45) is 12.0 Å². The van der Waals surface area contributed by atoms with Gasteiger partial charge in [0.2, 0.25) is 0 Å². The Balaban J connectivity index is 0.00000784. The van der Waals surface area contributed by atoms with E-state index in [1.54, 1.807) is 7.11 Å². The minimum Gasteiger partial charge on any atom is -0.444 e. The first-order valence-corrected chi connectivity index (χ1v) is 9.55. The van der Waals surface area contributed by atoms with Gasteiger partial charge in [-0.15, -0.1) is 34.2 Å². The van der Waals surface area contributed by atoms with Crippen LogP contribution in [0.5, 0.6) is 0 Å². The van der Waals surface area contributed by atoms with Gasteiger partial charge in [-0.25, -0.2) is 9.79 Å². The Kier molecular flexibility index (Phi) is 13.6. The number of aliphatic imine (C=N–C) groups is 1. The van der Waals surface area contributed by atoms with Crippen LogP contribution < -0.4 is 16.0 Å². The number of ether oxygens (including phenoxy) is 2. The van der Waals surface area contributed by atoms with Gasteiger partial charge in [0.1, 0.15) is 18.0 Å². The predicted molar refractivity (Wildman–Crippen MR) is 124 cm³/mol. The molecule has 3 N–H and O–H groups in total. The molecule has 0 unspecified atom stereocenters. The molecule has 0 saturated carbocycles. The lowest BCUT2D eigenvalue weighted by Crippen LogP contribution is -2.40. The van der Waals surface area contributed by atoms with Crippen molar-refractivity contribution in [3.05, 3.63) is 11.6 Å². The summed E-state index contributed by atoms with van der Waals surface area (Å²) in [5, 5.41) is 17.4. The second-order valence-electron chi connectivity index (χ2n) is 7.37. The van der Waals surface area contributed by atoms with E-state index in [-0.39, 0.29) is 24.0 Å². The van der Waals surface area contributed by atoms with E-state index in [1.165, 1.54) is 0 Å². The van der Waals surface area contributed by atoms with Gasteiger partial charge in [-0.2, -0.15) is 0 Å². The van der Waals surface area contributed by atoms with Crippen LogP contribution in [0.3, 0.4) is 0 Å². The molecule has 0 atom stereocenters. The summed E-state index contributed by atoms with van der Waals surface area (Å²) in [5.74, 6) is 2.33. The van der Waals surface area contributed by atoms with Crippen LogP contribution in [0, 0.1) is 6.92 Å². The smallest absolute Gasteiger partial charge is 0.407 e. The molecule has 11 heteroatoms. The number of halogens is 1. The van der Waals surface area contributed by atoms with Crippen LogP contribution in [0.4, 0.5) is 4.79 Å². The lowest BCUT2D eigenvalue weighted by atomic mass is 10.2. The number of hydrogen-bond acceptors (Lipinski definition) is 6. The fourth-order valence-electron chi connectivity index (χ4n) is 2.14. The van der Waals surface area contributed by atoms with Crippen molar-refractivity contribution in [2.75, 3.05) is 33.4 Å². The summed E-state index contributed by atoms with van der Waals surface area (Å²) in [6, 6.07) is 0. The molecule has 1 aromatic heterocycles. The number of nitrogens with zero attached hydrogens (tertiary/aromatic N) is 4. The standard InChI is InChI=1S/C18H35N7O3.HI/c1-14-23-24-15(25(14)5)13-22-16(20-11-8-12-27-6)19-9-7-10-21-17(26)28-18(2,3)4;/h7-13H2,1-6H3,(H,21,26)(H2,19,20,22);1H. The quantitative estimate of drug-likeness (QED) is 0.185. The van der Waals surface area contributed by atoms with Gasteiger partial charge in [-0.1, -0.05) is 0 Å². The Morgan fingerprint density at radius 3 is 2.28 bits per heavy atom. The minimum atomic E-state index is -0.494. The van der Waals surface area contributed by atoms with E-state index in [0.717, 1.165) is 31.0 Å². The molecule has 0 aromatic carbocycles. The highest BCUT2D eigenvalue weighted by Gasteiger charge is 2.15. The largest absolute Gasteiger partial charge is 0.444 e. The zero-order valence-electron chi connectivity index (χ0n) is 18.4. The maximum Gasteiger partial charge on any atom is 0.407 e. The third-order valence-corrected chi connectivity index (χ3v) is 3.69. The molecule has 0 bridgehead atoms. The predicted octanol–water partition coefficient (Wildman–Crippen LogP) is 1.73. The summed E-state index contributed by atoms with van der Waals surface area (Å²) in [4.78, 5) is 16.2. The molecule has 0 spiro atoms. The summed E-state index contributed by atoms with van der Waals surface area (Å²) < 4.78 is 12.2. The van der Waals surface area contributed by atoms with Crippen LogP contribution in [0.15, 0.2) is 4.99 Å². The highest BCUT2D eigenvalue weighted by Crippen LogP contribution is 2.06. The first kappa shape index (κ1) is 27.4. The van der Waals surface area contributed by atoms with Gasteiger partial charge in [0.25, 0.3) is 0 Å². The number of aromatic nitrogens is 3. The lowest BCUT2D eigenvalue weighted by Gasteiger charge is -2.19. The van der Waals surface area contributed by atoms with Crippen molar-refractivity contribution in [2.45, 2.75) is 52.7 Å². The number of alkyl carbamates (subject to hydrolysis) is 1. The summed E-state index contributed by atoms with van der Waals surface area (Å²) in [5.41, 5.74) is -0.494. The Labute approximate surface area is 190 Å². The third kappa shape index (κ3) is 12.5.